The Morgan fingerprint density at radius 3 is 2.89 bits per heavy atom. The van der Waals surface area contributed by atoms with E-state index < -0.39 is 0 Å². The predicted molar refractivity (Wildman–Crippen MR) is 74.2 cm³/mol. The fraction of sp³-hybridized carbons (Fsp3) is 0.600. The quantitative estimate of drug-likeness (QED) is 0.890. The lowest BCUT2D eigenvalue weighted by molar-refractivity contribution is 0.554. The van der Waals surface area contributed by atoms with Crippen molar-refractivity contribution in [2.75, 3.05) is 11.4 Å². The Kier molecular flexibility index (Phi) is 4.59. The molecule has 0 saturated carbocycles. The summed E-state index contributed by atoms with van der Waals surface area (Å²) in [5.74, 6) is -0.193. The van der Waals surface area contributed by atoms with Gasteiger partial charge < -0.3 is 10.6 Å². The zero-order valence-corrected chi connectivity index (χ0v) is 11.2. The molecule has 18 heavy (non-hydrogen) atoms. The van der Waals surface area contributed by atoms with Crippen LogP contribution in [0.2, 0.25) is 0 Å². The molecule has 0 aliphatic carbocycles. The lowest BCUT2D eigenvalue weighted by Gasteiger charge is -2.33. The second-order valence-corrected chi connectivity index (χ2v) is 5.08. The van der Waals surface area contributed by atoms with E-state index in [0.717, 1.165) is 24.2 Å². The largest absolute Gasteiger partial charge is 0.368 e. The van der Waals surface area contributed by atoms with E-state index in [2.05, 4.69) is 11.8 Å². The van der Waals surface area contributed by atoms with Crippen molar-refractivity contribution in [3.63, 3.8) is 0 Å². The Morgan fingerprint density at radius 2 is 2.17 bits per heavy atom. The fourth-order valence-electron chi connectivity index (χ4n) is 2.92. The first-order valence-electron chi connectivity index (χ1n) is 7.01. The number of nitrogens with two attached hydrogens (primary N) is 1. The number of halogens is 1. The Labute approximate surface area is 109 Å². The number of anilines is 1. The van der Waals surface area contributed by atoms with Crippen molar-refractivity contribution in [2.45, 2.75) is 51.6 Å². The Bertz CT molecular complexity index is 392. The lowest BCUT2D eigenvalue weighted by Crippen LogP contribution is -2.35. The third-order valence-corrected chi connectivity index (χ3v) is 3.92. The Morgan fingerprint density at radius 1 is 1.33 bits per heavy atom. The number of hydrogen-bond donors (Lipinski definition) is 1. The van der Waals surface area contributed by atoms with Crippen LogP contribution in [0.5, 0.6) is 0 Å². The zero-order chi connectivity index (χ0) is 13.0. The molecule has 1 unspecified atom stereocenters. The van der Waals surface area contributed by atoms with Gasteiger partial charge in [-0.15, -0.1) is 0 Å². The van der Waals surface area contributed by atoms with Crippen LogP contribution >= 0.6 is 0 Å². The topological polar surface area (TPSA) is 29.3 Å². The van der Waals surface area contributed by atoms with Gasteiger partial charge in [-0.3, -0.25) is 0 Å². The molecule has 0 radical (unpaired) electrons. The first-order chi connectivity index (χ1) is 8.76. The molecule has 1 aromatic rings. The van der Waals surface area contributed by atoms with Crippen molar-refractivity contribution in [2.24, 2.45) is 5.73 Å². The summed E-state index contributed by atoms with van der Waals surface area (Å²) in [5, 5.41) is 0. The fourth-order valence-corrected chi connectivity index (χ4v) is 2.92. The highest BCUT2D eigenvalue weighted by atomic mass is 19.1. The number of rotatable bonds is 3. The average Bonchev–Trinajstić information content (AvgIpc) is 2.63. The highest BCUT2D eigenvalue weighted by Crippen LogP contribution is 2.29. The Balaban J connectivity index is 2.32. The molecule has 100 valence electrons. The summed E-state index contributed by atoms with van der Waals surface area (Å²) >= 11 is 0. The summed E-state index contributed by atoms with van der Waals surface area (Å²) in [6, 6.07) is 5.59. The van der Waals surface area contributed by atoms with E-state index in [1.807, 2.05) is 6.07 Å². The molecule has 2 N–H and O–H groups in total. The van der Waals surface area contributed by atoms with Gasteiger partial charge in [-0.2, -0.15) is 0 Å². The van der Waals surface area contributed by atoms with E-state index in [-0.39, 0.29) is 5.82 Å². The SMILES string of the molecule is CCC1CCCCCN1c1ccc(F)cc1CN. The molecule has 3 heteroatoms. The molecule has 1 aliphatic rings. The number of nitrogens with zero attached hydrogens (tertiary/aromatic N) is 1. The molecular formula is C15H23FN2. The molecule has 1 heterocycles. The van der Waals surface area contributed by atoms with Gasteiger partial charge in [-0.1, -0.05) is 19.8 Å². The molecule has 1 aromatic carbocycles. The van der Waals surface area contributed by atoms with E-state index in [9.17, 15) is 4.39 Å². The first-order valence-corrected chi connectivity index (χ1v) is 7.01. The standard InChI is InChI=1S/C15H23FN2/c1-2-14-6-4-3-5-9-18(14)15-8-7-13(16)10-12(15)11-17/h7-8,10,14H,2-6,9,11,17H2,1H3. The summed E-state index contributed by atoms with van der Waals surface area (Å²) in [5.41, 5.74) is 7.82. The summed E-state index contributed by atoms with van der Waals surface area (Å²) < 4.78 is 13.3. The third-order valence-electron chi connectivity index (χ3n) is 3.92. The molecule has 2 nitrogen and oxygen atoms in total. The van der Waals surface area contributed by atoms with Crippen LogP contribution in [-0.2, 0) is 6.54 Å². The maximum atomic E-state index is 13.3. The highest BCUT2D eigenvalue weighted by molar-refractivity contribution is 5.54. The molecule has 0 spiro atoms. The van der Waals surface area contributed by atoms with E-state index in [1.165, 1.54) is 25.7 Å². The van der Waals surface area contributed by atoms with Gasteiger partial charge in [0.1, 0.15) is 5.82 Å². The van der Waals surface area contributed by atoms with Crippen LogP contribution in [0.4, 0.5) is 10.1 Å². The minimum Gasteiger partial charge on any atom is -0.368 e. The zero-order valence-electron chi connectivity index (χ0n) is 11.2. The van der Waals surface area contributed by atoms with Crippen LogP contribution in [-0.4, -0.2) is 12.6 Å². The Hall–Kier alpha value is -1.09. The van der Waals surface area contributed by atoms with Gasteiger partial charge in [-0.05, 0) is 43.0 Å². The molecular weight excluding hydrogens is 227 g/mol. The van der Waals surface area contributed by atoms with Gasteiger partial charge in [0.25, 0.3) is 0 Å². The second-order valence-electron chi connectivity index (χ2n) is 5.08. The van der Waals surface area contributed by atoms with E-state index in [4.69, 9.17) is 5.73 Å². The maximum Gasteiger partial charge on any atom is 0.123 e. The molecule has 0 aromatic heterocycles. The molecule has 1 atom stereocenters. The minimum absolute atomic E-state index is 0.193. The second kappa shape index (κ2) is 6.19. The van der Waals surface area contributed by atoms with Crippen molar-refractivity contribution in [3.05, 3.63) is 29.6 Å². The molecule has 2 rings (SSSR count). The molecule has 1 aliphatic heterocycles. The van der Waals surface area contributed by atoms with E-state index in [0.29, 0.717) is 12.6 Å². The van der Waals surface area contributed by atoms with Crippen LogP contribution in [0, 0.1) is 5.82 Å². The lowest BCUT2D eigenvalue weighted by atomic mass is 10.0. The summed E-state index contributed by atoms with van der Waals surface area (Å²) in [6.07, 6.45) is 6.19. The monoisotopic (exact) mass is 250 g/mol. The van der Waals surface area contributed by atoms with Crippen molar-refractivity contribution in [1.29, 1.82) is 0 Å². The normalized spacial score (nSPS) is 20.8. The van der Waals surface area contributed by atoms with E-state index in [1.54, 1.807) is 12.1 Å². The van der Waals surface area contributed by atoms with Crippen molar-refractivity contribution in [1.82, 2.24) is 0 Å². The third kappa shape index (κ3) is 2.83. The number of hydrogen-bond acceptors (Lipinski definition) is 2. The van der Waals surface area contributed by atoms with Crippen LogP contribution in [0.1, 0.15) is 44.6 Å². The smallest absolute Gasteiger partial charge is 0.123 e. The minimum atomic E-state index is -0.193. The maximum absolute atomic E-state index is 13.3. The molecule has 1 fully saturated rings. The number of benzene rings is 1. The average molecular weight is 250 g/mol. The molecule has 0 amide bonds. The summed E-state index contributed by atoms with van der Waals surface area (Å²) in [6.45, 7) is 3.70. The molecule has 1 saturated heterocycles. The van der Waals surface area contributed by atoms with Gasteiger partial charge in [0.15, 0.2) is 0 Å². The van der Waals surface area contributed by atoms with Crippen molar-refractivity contribution in [3.8, 4) is 0 Å². The van der Waals surface area contributed by atoms with Gasteiger partial charge in [0, 0.05) is 24.8 Å². The van der Waals surface area contributed by atoms with Gasteiger partial charge in [-0.25, -0.2) is 4.39 Å². The van der Waals surface area contributed by atoms with Gasteiger partial charge in [0.05, 0.1) is 0 Å². The van der Waals surface area contributed by atoms with Crippen LogP contribution < -0.4 is 10.6 Å². The first kappa shape index (κ1) is 13.3. The highest BCUT2D eigenvalue weighted by Gasteiger charge is 2.21. The van der Waals surface area contributed by atoms with Crippen LogP contribution in [0.15, 0.2) is 18.2 Å². The van der Waals surface area contributed by atoms with Crippen LogP contribution in [0.3, 0.4) is 0 Å². The van der Waals surface area contributed by atoms with Gasteiger partial charge in [0.2, 0.25) is 0 Å². The summed E-state index contributed by atoms with van der Waals surface area (Å²) in [4.78, 5) is 2.44. The summed E-state index contributed by atoms with van der Waals surface area (Å²) in [7, 11) is 0. The van der Waals surface area contributed by atoms with Gasteiger partial charge >= 0.3 is 0 Å². The predicted octanol–water partition coefficient (Wildman–Crippen LogP) is 3.44. The van der Waals surface area contributed by atoms with Crippen molar-refractivity contribution >= 4 is 5.69 Å². The van der Waals surface area contributed by atoms with Crippen molar-refractivity contribution < 1.29 is 4.39 Å². The van der Waals surface area contributed by atoms with E-state index >= 15 is 0 Å². The van der Waals surface area contributed by atoms with Crippen LogP contribution in [0.25, 0.3) is 0 Å². The molecule has 0 bridgehead atoms.